The molecule has 0 spiro atoms. The Bertz CT molecular complexity index is 1300. The average Bonchev–Trinajstić information content (AvgIpc) is 3.13. The number of thiophene rings is 1. The van der Waals surface area contributed by atoms with Crippen molar-refractivity contribution in [3.63, 3.8) is 0 Å². The van der Waals surface area contributed by atoms with E-state index in [-0.39, 0.29) is 21.9 Å². The molecule has 7 nitrogen and oxygen atoms in total. The summed E-state index contributed by atoms with van der Waals surface area (Å²) in [6, 6.07) is 10.8. The van der Waals surface area contributed by atoms with Crippen LogP contribution in [0.2, 0.25) is 0 Å². The lowest BCUT2D eigenvalue weighted by molar-refractivity contribution is -0.117. The molecular weight excluding hydrogens is 479 g/mol. The first-order valence-corrected chi connectivity index (χ1v) is 12.7. The Morgan fingerprint density at radius 2 is 1.68 bits per heavy atom. The number of anilines is 1. The van der Waals surface area contributed by atoms with Gasteiger partial charge in [-0.05, 0) is 50.1 Å². The van der Waals surface area contributed by atoms with Crippen LogP contribution in [0.5, 0.6) is 0 Å². The van der Waals surface area contributed by atoms with E-state index in [4.69, 9.17) is 4.74 Å². The quantitative estimate of drug-likeness (QED) is 0.435. The van der Waals surface area contributed by atoms with Gasteiger partial charge in [-0.3, -0.25) is 4.79 Å². The first-order valence-electron chi connectivity index (χ1n) is 10.4. The summed E-state index contributed by atoms with van der Waals surface area (Å²) < 4.78 is 45.8. The SMILES string of the molecule is CCC(NS(=O)(=O)c1ccc(F)cc1)C(=O)Nc1sc(C)c(-c2ccc(C)cc2)c1C(=O)OC. The number of hydrogen-bond donors (Lipinski definition) is 2. The maximum atomic E-state index is 13.2. The number of halogens is 1. The number of carbonyl (C=O) groups excluding carboxylic acids is 2. The van der Waals surface area contributed by atoms with E-state index in [9.17, 15) is 22.4 Å². The number of amides is 1. The molecule has 0 saturated heterocycles. The molecule has 34 heavy (non-hydrogen) atoms. The molecule has 0 aliphatic rings. The zero-order chi connectivity index (χ0) is 25.0. The number of benzene rings is 2. The smallest absolute Gasteiger partial charge is 0.341 e. The molecule has 1 atom stereocenters. The normalized spacial score (nSPS) is 12.3. The van der Waals surface area contributed by atoms with Crippen LogP contribution in [0.25, 0.3) is 11.1 Å². The third kappa shape index (κ3) is 5.52. The molecule has 0 saturated carbocycles. The van der Waals surface area contributed by atoms with Gasteiger partial charge in [-0.15, -0.1) is 11.3 Å². The topological polar surface area (TPSA) is 102 Å². The lowest BCUT2D eigenvalue weighted by atomic mass is 10.0. The molecule has 1 heterocycles. The Labute approximate surface area is 202 Å². The van der Waals surface area contributed by atoms with Gasteiger partial charge >= 0.3 is 5.97 Å². The molecule has 3 rings (SSSR count). The first kappa shape index (κ1) is 25.5. The molecule has 0 radical (unpaired) electrons. The zero-order valence-electron chi connectivity index (χ0n) is 19.1. The summed E-state index contributed by atoms with van der Waals surface area (Å²) in [6.45, 7) is 5.43. The van der Waals surface area contributed by atoms with E-state index in [1.54, 1.807) is 6.92 Å². The van der Waals surface area contributed by atoms with Gasteiger partial charge in [0.2, 0.25) is 15.9 Å². The van der Waals surface area contributed by atoms with Crippen LogP contribution in [0.15, 0.2) is 53.4 Å². The fourth-order valence-electron chi connectivity index (χ4n) is 3.39. The fraction of sp³-hybridized carbons (Fsp3) is 0.250. The molecule has 1 amide bonds. The number of sulfonamides is 1. The highest BCUT2D eigenvalue weighted by Gasteiger charge is 2.29. The van der Waals surface area contributed by atoms with E-state index in [1.807, 2.05) is 38.1 Å². The van der Waals surface area contributed by atoms with Crippen LogP contribution < -0.4 is 10.0 Å². The van der Waals surface area contributed by atoms with E-state index in [0.29, 0.717) is 5.56 Å². The summed E-state index contributed by atoms with van der Waals surface area (Å²) in [5.74, 6) is -1.82. The second kappa shape index (κ2) is 10.5. The average molecular weight is 505 g/mol. The van der Waals surface area contributed by atoms with Crippen molar-refractivity contribution in [2.45, 2.75) is 38.1 Å². The van der Waals surface area contributed by atoms with Crippen LogP contribution in [0, 0.1) is 19.7 Å². The molecule has 2 N–H and O–H groups in total. The largest absolute Gasteiger partial charge is 0.465 e. The summed E-state index contributed by atoms with van der Waals surface area (Å²) in [7, 11) is -2.82. The van der Waals surface area contributed by atoms with Gasteiger partial charge in [0, 0.05) is 10.4 Å². The summed E-state index contributed by atoms with van der Waals surface area (Å²) in [5, 5.41) is 2.96. The molecular formula is C24H25FN2O5S2. The highest BCUT2D eigenvalue weighted by molar-refractivity contribution is 7.89. The third-order valence-corrected chi connectivity index (χ3v) is 7.71. The monoisotopic (exact) mass is 504 g/mol. The molecule has 1 unspecified atom stereocenters. The molecule has 0 fully saturated rings. The standard InChI is InChI=1S/C24H25FN2O5S2/c1-5-19(27-34(30,31)18-12-10-17(25)11-13-18)22(28)26-23-21(24(29)32-4)20(15(3)33-23)16-8-6-14(2)7-9-16/h6-13,19,27H,5H2,1-4H3,(H,26,28). The zero-order valence-corrected chi connectivity index (χ0v) is 20.8. The first-order chi connectivity index (χ1) is 16.1. The van der Waals surface area contributed by atoms with Crippen molar-refractivity contribution in [1.29, 1.82) is 0 Å². The van der Waals surface area contributed by atoms with E-state index in [2.05, 4.69) is 10.0 Å². The second-order valence-electron chi connectivity index (χ2n) is 7.62. The molecule has 0 bridgehead atoms. The Kier molecular flexibility index (Phi) is 7.86. The number of aryl methyl sites for hydroxylation is 2. The lowest BCUT2D eigenvalue weighted by Crippen LogP contribution is -2.43. The van der Waals surface area contributed by atoms with Crippen molar-refractivity contribution in [3.8, 4) is 11.1 Å². The number of carbonyl (C=O) groups is 2. The summed E-state index contributed by atoms with van der Waals surface area (Å²) >= 11 is 1.20. The van der Waals surface area contributed by atoms with Gasteiger partial charge in [0.05, 0.1) is 12.0 Å². The number of nitrogens with one attached hydrogen (secondary N) is 2. The minimum atomic E-state index is -4.07. The number of rotatable bonds is 8. The van der Waals surface area contributed by atoms with Crippen LogP contribution in [0.1, 0.15) is 34.1 Å². The van der Waals surface area contributed by atoms with Crippen molar-refractivity contribution in [1.82, 2.24) is 4.72 Å². The van der Waals surface area contributed by atoms with E-state index in [1.165, 1.54) is 18.4 Å². The minimum absolute atomic E-state index is 0.148. The maximum absolute atomic E-state index is 13.2. The van der Waals surface area contributed by atoms with Gasteiger partial charge in [-0.1, -0.05) is 36.8 Å². The van der Waals surface area contributed by atoms with Gasteiger partial charge in [0.15, 0.2) is 0 Å². The van der Waals surface area contributed by atoms with Gasteiger partial charge in [-0.25, -0.2) is 17.6 Å². The van der Waals surface area contributed by atoms with E-state index in [0.717, 1.165) is 40.3 Å². The van der Waals surface area contributed by atoms with Crippen LogP contribution in [-0.2, 0) is 19.6 Å². The Hall–Kier alpha value is -3.08. The number of methoxy groups -OCH3 is 1. The van der Waals surface area contributed by atoms with Crippen LogP contribution >= 0.6 is 11.3 Å². The van der Waals surface area contributed by atoms with Gasteiger partial charge in [0.1, 0.15) is 22.4 Å². The van der Waals surface area contributed by atoms with Crippen LogP contribution in [0.4, 0.5) is 9.39 Å². The third-order valence-electron chi connectivity index (χ3n) is 5.20. The molecule has 1 aromatic heterocycles. The summed E-state index contributed by atoms with van der Waals surface area (Å²) in [4.78, 5) is 26.3. The second-order valence-corrected chi connectivity index (χ2v) is 10.6. The highest BCUT2D eigenvalue weighted by atomic mass is 32.2. The molecule has 0 aliphatic carbocycles. The van der Waals surface area contributed by atoms with E-state index < -0.39 is 33.8 Å². The van der Waals surface area contributed by atoms with Crippen LogP contribution in [0.3, 0.4) is 0 Å². The van der Waals surface area contributed by atoms with Crippen LogP contribution in [-0.4, -0.2) is 33.4 Å². The van der Waals surface area contributed by atoms with E-state index >= 15 is 0 Å². The predicted molar refractivity (Wildman–Crippen MR) is 130 cm³/mol. The van der Waals surface area contributed by atoms with Crippen molar-refractivity contribution >= 4 is 38.2 Å². The van der Waals surface area contributed by atoms with Crippen molar-refractivity contribution < 1.29 is 27.1 Å². The summed E-state index contributed by atoms with van der Waals surface area (Å²) in [5.41, 5.74) is 2.71. The Balaban J connectivity index is 1.92. The van der Waals surface area contributed by atoms with Crippen molar-refractivity contribution in [3.05, 3.63) is 70.4 Å². The molecule has 0 aliphatic heterocycles. The number of hydrogen-bond acceptors (Lipinski definition) is 6. The fourth-order valence-corrected chi connectivity index (χ4v) is 5.73. The lowest BCUT2D eigenvalue weighted by Gasteiger charge is -2.17. The van der Waals surface area contributed by atoms with Gasteiger partial charge < -0.3 is 10.1 Å². The predicted octanol–water partition coefficient (Wildman–Crippen LogP) is 4.65. The molecule has 180 valence electrons. The number of ether oxygens (including phenoxy) is 1. The summed E-state index contributed by atoms with van der Waals surface area (Å²) in [6.07, 6.45) is 0.148. The van der Waals surface area contributed by atoms with Gasteiger partial charge in [0.25, 0.3) is 0 Å². The Morgan fingerprint density at radius 3 is 2.24 bits per heavy atom. The highest BCUT2D eigenvalue weighted by Crippen LogP contribution is 2.40. The van der Waals surface area contributed by atoms with Gasteiger partial charge in [-0.2, -0.15) is 4.72 Å². The maximum Gasteiger partial charge on any atom is 0.341 e. The minimum Gasteiger partial charge on any atom is -0.465 e. The molecule has 10 heteroatoms. The van der Waals surface area contributed by atoms with Crippen molar-refractivity contribution in [2.24, 2.45) is 0 Å². The van der Waals surface area contributed by atoms with Crippen molar-refractivity contribution in [2.75, 3.05) is 12.4 Å². The number of esters is 1. The molecule has 2 aromatic carbocycles. The Morgan fingerprint density at radius 1 is 1.06 bits per heavy atom. The molecule has 3 aromatic rings.